The first-order valence-corrected chi connectivity index (χ1v) is 11.8. The number of aromatic hydroxyl groups is 1. The summed E-state index contributed by atoms with van der Waals surface area (Å²) in [6.45, 7) is 6.54. The predicted molar refractivity (Wildman–Crippen MR) is 119 cm³/mol. The van der Waals surface area contributed by atoms with Crippen molar-refractivity contribution < 1.29 is 5.11 Å². The van der Waals surface area contributed by atoms with Crippen LogP contribution in [0.25, 0.3) is 10.2 Å². The zero-order valence-electron chi connectivity index (χ0n) is 16.7. The lowest BCUT2D eigenvalue weighted by atomic mass is 10.1. The number of hydrogen-bond donors (Lipinski definition) is 1. The van der Waals surface area contributed by atoms with Crippen molar-refractivity contribution >= 4 is 38.0 Å². The van der Waals surface area contributed by atoms with Crippen LogP contribution in [0, 0.1) is 0 Å². The third-order valence-electron chi connectivity index (χ3n) is 5.54. The van der Waals surface area contributed by atoms with Gasteiger partial charge < -0.3 is 10.0 Å². The normalized spacial score (nSPS) is 16.4. The van der Waals surface area contributed by atoms with Gasteiger partial charge in [0.05, 0.1) is 22.8 Å². The lowest BCUT2D eigenvalue weighted by Crippen LogP contribution is -2.48. The molecule has 0 amide bonds. The number of nitrogens with zero attached hydrogens (tertiary/aromatic N) is 7. The third kappa shape index (κ3) is 3.66. The Morgan fingerprint density at radius 3 is 2.73 bits per heavy atom. The first-order chi connectivity index (χ1) is 14.7. The van der Waals surface area contributed by atoms with Crippen molar-refractivity contribution in [2.45, 2.75) is 25.9 Å². The van der Waals surface area contributed by atoms with Crippen LogP contribution in [0.15, 0.2) is 35.7 Å². The number of hydrogen-bond acceptors (Lipinski definition) is 9. The summed E-state index contributed by atoms with van der Waals surface area (Å²) in [5.41, 5.74) is 0.858. The number of rotatable bonds is 6. The Morgan fingerprint density at radius 2 is 2.00 bits per heavy atom. The molecule has 4 heterocycles. The fourth-order valence-corrected chi connectivity index (χ4v) is 5.71. The van der Waals surface area contributed by atoms with Gasteiger partial charge in [0.1, 0.15) is 5.75 Å². The maximum absolute atomic E-state index is 10.1. The molecule has 5 rings (SSSR count). The second kappa shape index (κ2) is 8.29. The Labute approximate surface area is 182 Å². The highest BCUT2D eigenvalue weighted by Gasteiger charge is 2.29. The summed E-state index contributed by atoms with van der Waals surface area (Å²) >= 11 is 3.28. The molecule has 0 radical (unpaired) electrons. The van der Waals surface area contributed by atoms with Gasteiger partial charge in [0.2, 0.25) is 0 Å². The van der Waals surface area contributed by atoms with Gasteiger partial charge in [0, 0.05) is 31.1 Å². The Bertz CT molecular complexity index is 1120. The Balaban J connectivity index is 1.29. The highest BCUT2D eigenvalue weighted by atomic mass is 32.1. The molecule has 156 valence electrons. The monoisotopic (exact) mass is 441 g/mol. The van der Waals surface area contributed by atoms with Gasteiger partial charge in [-0.3, -0.25) is 4.90 Å². The van der Waals surface area contributed by atoms with Crippen LogP contribution in [0.4, 0.5) is 5.13 Å². The Morgan fingerprint density at radius 1 is 1.13 bits per heavy atom. The van der Waals surface area contributed by atoms with E-state index in [9.17, 15) is 5.11 Å². The van der Waals surface area contributed by atoms with Crippen LogP contribution in [0.2, 0.25) is 0 Å². The highest BCUT2D eigenvalue weighted by Crippen LogP contribution is 2.35. The number of piperazine rings is 1. The van der Waals surface area contributed by atoms with Crippen molar-refractivity contribution in [2.24, 2.45) is 0 Å². The minimum Gasteiger partial charge on any atom is -0.506 e. The molecular weight excluding hydrogens is 418 g/mol. The molecule has 3 aromatic heterocycles. The predicted octanol–water partition coefficient (Wildman–Crippen LogP) is 3.37. The summed E-state index contributed by atoms with van der Waals surface area (Å²) in [4.78, 5) is 10.8. The molecule has 10 heteroatoms. The van der Waals surface area contributed by atoms with Crippen LogP contribution in [0.3, 0.4) is 0 Å². The largest absolute Gasteiger partial charge is 0.506 e. The molecule has 1 N–H and O–H groups in total. The molecular formula is C20H23N7OS2. The lowest BCUT2D eigenvalue weighted by molar-refractivity contribution is 0.169. The van der Waals surface area contributed by atoms with E-state index in [4.69, 9.17) is 4.98 Å². The van der Waals surface area contributed by atoms with E-state index < -0.39 is 0 Å². The average Bonchev–Trinajstić information content (AvgIpc) is 3.52. The summed E-state index contributed by atoms with van der Waals surface area (Å²) < 4.78 is 2.79. The minimum absolute atomic E-state index is 0.196. The molecule has 0 saturated carbocycles. The molecule has 1 aliphatic heterocycles. The van der Waals surface area contributed by atoms with Gasteiger partial charge in [0.25, 0.3) is 0 Å². The maximum atomic E-state index is 10.1. The van der Waals surface area contributed by atoms with E-state index in [1.165, 1.54) is 4.88 Å². The SMILES string of the molecule is CCC(c1nnnn1Cc1cccs1)N1CCN(c2nc3cccc(O)c3s2)CC1. The fourth-order valence-electron chi connectivity index (χ4n) is 4.00. The molecule has 0 spiro atoms. The van der Waals surface area contributed by atoms with Gasteiger partial charge in [0.15, 0.2) is 11.0 Å². The van der Waals surface area contributed by atoms with Crippen LogP contribution < -0.4 is 4.90 Å². The summed E-state index contributed by atoms with van der Waals surface area (Å²) in [7, 11) is 0. The molecule has 8 nitrogen and oxygen atoms in total. The number of phenolic OH excluding ortho intramolecular Hbond substituents is 1. The number of tetrazole rings is 1. The standard InChI is InChI=1S/C20H23N7OS2/c1-2-16(19-22-23-24-27(19)13-14-5-4-12-29-14)25-8-10-26(11-9-25)20-21-15-6-3-7-17(28)18(15)30-20/h3-7,12,16,28H,2,8-11,13H2,1H3. The molecule has 30 heavy (non-hydrogen) atoms. The van der Waals surface area contributed by atoms with Gasteiger partial charge in [-0.1, -0.05) is 30.4 Å². The van der Waals surface area contributed by atoms with Crippen molar-refractivity contribution in [3.05, 3.63) is 46.4 Å². The van der Waals surface area contributed by atoms with E-state index in [0.717, 1.165) is 53.8 Å². The number of thiophene rings is 1. The number of fused-ring (bicyclic) bond motifs is 1. The van der Waals surface area contributed by atoms with E-state index in [-0.39, 0.29) is 6.04 Å². The number of benzene rings is 1. The van der Waals surface area contributed by atoms with Crippen molar-refractivity contribution in [3.8, 4) is 5.75 Å². The van der Waals surface area contributed by atoms with Crippen LogP contribution >= 0.6 is 22.7 Å². The fraction of sp³-hybridized carbons (Fsp3) is 0.400. The Hall–Kier alpha value is -2.56. The number of thiazole rings is 1. The van der Waals surface area contributed by atoms with E-state index in [0.29, 0.717) is 12.3 Å². The van der Waals surface area contributed by atoms with Crippen molar-refractivity contribution in [1.29, 1.82) is 0 Å². The summed E-state index contributed by atoms with van der Waals surface area (Å²) in [5, 5.41) is 25.7. The minimum atomic E-state index is 0.196. The van der Waals surface area contributed by atoms with Crippen LogP contribution in [-0.4, -0.2) is 61.4 Å². The summed E-state index contributed by atoms with van der Waals surface area (Å²) in [6, 6.07) is 9.88. The lowest BCUT2D eigenvalue weighted by Gasteiger charge is -2.38. The molecule has 0 aliphatic carbocycles. The van der Waals surface area contributed by atoms with Gasteiger partial charge in [-0.05, 0) is 40.4 Å². The molecule has 1 unspecified atom stereocenters. The molecule has 1 aliphatic rings. The number of aromatic nitrogens is 5. The molecule has 1 fully saturated rings. The molecule has 1 aromatic carbocycles. The first kappa shape index (κ1) is 19.4. The summed E-state index contributed by atoms with van der Waals surface area (Å²) in [6.07, 6.45) is 0.958. The van der Waals surface area contributed by atoms with Gasteiger partial charge in [-0.25, -0.2) is 9.67 Å². The molecule has 0 bridgehead atoms. The third-order valence-corrected chi connectivity index (χ3v) is 7.55. The molecule has 1 saturated heterocycles. The Kier molecular flexibility index (Phi) is 5.36. The van der Waals surface area contributed by atoms with Crippen LogP contribution in [-0.2, 0) is 6.54 Å². The van der Waals surface area contributed by atoms with E-state index >= 15 is 0 Å². The van der Waals surface area contributed by atoms with Gasteiger partial charge >= 0.3 is 0 Å². The zero-order valence-corrected chi connectivity index (χ0v) is 18.3. The van der Waals surface area contributed by atoms with Crippen molar-refractivity contribution in [2.75, 3.05) is 31.1 Å². The van der Waals surface area contributed by atoms with Crippen molar-refractivity contribution in [3.63, 3.8) is 0 Å². The number of anilines is 1. The van der Waals surface area contributed by atoms with E-state index in [1.807, 2.05) is 16.8 Å². The molecule has 1 atom stereocenters. The van der Waals surface area contributed by atoms with Crippen LogP contribution in [0.5, 0.6) is 5.75 Å². The maximum Gasteiger partial charge on any atom is 0.186 e. The topological polar surface area (TPSA) is 83.2 Å². The van der Waals surface area contributed by atoms with E-state index in [2.05, 4.69) is 49.8 Å². The van der Waals surface area contributed by atoms with E-state index in [1.54, 1.807) is 28.7 Å². The van der Waals surface area contributed by atoms with Gasteiger partial charge in [-0.15, -0.1) is 16.4 Å². The summed E-state index contributed by atoms with van der Waals surface area (Å²) in [5.74, 6) is 1.24. The second-order valence-corrected chi connectivity index (χ2v) is 9.35. The first-order valence-electron chi connectivity index (χ1n) is 10.1. The quantitative estimate of drug-likeness (QED) is 0.491. The smallest absolute Gasteiger partial charge is 0.186 e. The zero-order chi connectivity index (χ0) is 20.5. The average molecular weight is 442 g/mol. The number of phenols is 1. The van der Waals surface area contributed by atoms with Gasteiger partial charge in [-0.2, -0.15) is 0 Å². The second-order valence-electron chi connectivity index (χ2n) is 7.34. The highest BCUT2D eigenvalue weighted by molar-refractivity contribution is 7.22. The molecule has 4 aromatic rings. The van der Waals surface area contributed by atoms with Crippen molar-refractivity contribution in [1.82, 2.24) is 30.1 Å². The van der Waals surface area contributed by atoms with Crippen LogP contribution in [0.1, 0.15) is 30.1 Å².